The van der Waals surface area contributed by atoms with Crippen LogP contribution in [0.2, 0.25) is 0 Å². The predicted octanol–water partition coefficient (Wildman–Crippen LogP) is 2.92. The highest BCUT2D eigenvalue weighted by molar-refractivity contribution is 5.33. The Morgan fingerprint density at radius 3 is 2.62 bits per heavy atom. The van der Waals surface area contributed by atoms with Gasteiger partial charge in [-0.3, -0.25) is 0 Å². The molecule has 0 bridgehead atoms. The third-order valence-electron chi connectivity index (χ3n) is 3.41. The summed E-state index contributed by atoms with van der Waals surface area (Å²) >= 11 is 0. The third-order valence-corrected chi connectivity index (χ3v) is 3.41. The smallest absolute Gasteiger partial charge is 0.225 e. The van der Waals surface area contributed by atoms with Gasteiger partial charge in [0.2, 0.25) is 5.95 Å². The standard InChI is InChI=1S/C17H24N4/c1-4-10-18-11-16-12-19-17(20-14(16)2)21(3)13-15-8-6-5-7-9-15/h5-9,12,18H,4,10-11,13H2,1-3H3. The molecule has 112 valence electrons. The fraction of sp³-hybridized carbons (Fsp3) is 0.412. The number of benzene rings is 1. The van der Waals surface area contributed by atoms with Gasteiger partial charge >= 0.3 is 0 Å². The van der Waals surface area contributed by atoms with Crippen molar-refractivity contribution in [1.29, 1.82) is 0 Å². The lowest BCUT2D eigenvalue weighted by Gasteiger charge is -2.18. The molecule has 1 heterocycles. The van der Waals surface area contributed by atoms with Crippen molar-refractivity contribution >= 4 is 5.95 Å². The largest absolute Gasteiger partial charge is 0.340 e. The minimum Gasteiger partial charge on any atom is -0.340 e. The van der Waals surface area contributed by atoms with E-state index >= 15 is 0 Å². The Hall–Kier alpha value is -1.94. The van der Waals surface area contributed by atoms with Crippen LogP contribution in [0.25, 0.3) is 0 Å². The highest BCUT2D eigenvalue weighted by Crippen LogP contribution is 2.13. The predicted molar refractivity (Wildman–Crippen MR) is 87.3 cm³/mol. The molecule has 0 spiro atoms. The van der Waals surface area contributed by atoms with E-state index < -0.39 is 0 Å². The van der Waals surface area contributed by atoms with E-state index in [0.717, 1.165) is 37.7 Å². The summed E-state index contributed by atoms with van der Waals surface area (Å²) in [6, 6.07) is 10.4. The zero-order valence-corrected chi connectivity index (χ0v) is 13.1. The van der Waals surface area contributed by atoms with Crippen molar-refractivity contribution in [1.82, 2.24) is 15.3 Å². The summed E-state index contributed by atoms with van der Waals surface area (Å²) in [4.78, 5) is 11.2. The molecule has 4 heteroatoms. The summed E-state index contributed by atoms with van der Waals surface area (Å²) in [7, 11) is 2.02. The normalized spacial score (nSPS) is 10.6. The van der Waals surface area contributed by atoms with Gasteiger partial charge < -0.3 is 10.2 Å². The second-order valence-electron chi connectivity index (χ2n) is 5.30. The summed E-state index contributed by atoms with van der Waals surface area (Å²) in [6.45, 7) is 6.88. The maximum atomic E-state index is 4.62. The third kappa shape index (κ3) is 4.53. The summed E-state index contributed by atoms with van der Waals surface area (Å²) in [5.74, 6) is 0.774. The number of anilines is 1. The zero-order chi connectivity index (χ0) is 15.1. The van der Waals surface area contributed by atoms with Gasteiger partial charge in [-0.15, -0.1) is 0 Å². The molecule has 0 saturated heterocycles. The molecule has 21 heavy (non-hydrogen) atoms. The van der Waals surface area contributed by atoms with Gasteiger partial charge in [0.25, 0.3) is 0 Å². The van der Waals surface area contributed by atoms with E-state index in [2.05, 4.69) is 51.4 Å². The van der Waals surface area contributed by atoms with Crippen molar-refractivity contribution in [3.8, 4) is 0 Å². The van der Waals surface area contributed by atoms with E-state index in [1.807, 2.05) is 26.2 Å². The van der Waals surface area contributed by atoms with Crippen LogP contribution in [0.5, 0.6) is 0 Å². The van der Waals surface area contributed by atoms with Crippen molar-refractivity contribution in [3.63, 3.8) is 0 Å². The molecule has 1 aromatic heterocycles. The molecular weight excluding hydrogens is 260 g/mol. The van der Waals surface area contributed by atoms with Crippen LogP contribution in [-0.2, 0) is 13.1 Å². The minimum absolute atomic E-state index is 0.774. The van der Waals surface area contributed by atoms with Gasteiger partial charge in [0.05, 0.1) is 0 Å². The Morgan fingerprint density at radius 2 is 1.95 bits per heavy atom. The Bertz CT molecular complexity index is 554. The van der Waals surface area contributed by atoms with Crippen molar-refractivity contribution in [2.24, 2.45) is 0 Å². The maximum absolute atomic E-state index is 4.62. The Kier molecular flexibility index (Phi) is 5.69. The highest BCUT2D eigenvalue weighted by Gasteiger charge is 2.08. The molecule has 0 amide bonds. The van der Waals surface area contributed by atoms with Gasteiger partial charge in [-0.2, -0.15) is 0 Å². The van der Waals surface area contributed by atoms with Crippen LogP contribution < -0.4 is 10.2 Å². The van der Waals surface area contributed by atoms with Gasteiger partial charge in [-0.05, 0) is 25.5 Å². The second kappa shape index (κ2) is 7.74. The lowest BCUT2D eigenvalue weighted by Crippen LogP contribution is -2.21. The molecule has 0 aliphatic rings. The van der Waals surface area contributed by atoms with Crippen molar-refractivity contribution in [2.75, 3.05) is 18.5 Å². The topological polar surface area (TPSA) is 41.1 Å². The number of nitrogens with zero attached hydrogens (tertiary/aromatic N) is 3. The highest BCUT2D eigenvalue weighted by atomic mass is 15.2. The van der Waals surface area contributed by atoms with Crippen LogP contribution in [0.4, 0.5) is 5.95 Å². The van der Waals surface area contributed by atoms with Gasteiger partial charge in [-0.1, -0.05) is 37.3 Å². The minimum atomic E-state index is 0.774. The molecule has 0 atom stereocenters. The van der Waals surface area contributed by atoms with E-state index in [1.54, 1.807) is 0 Å². The first-order valence-electron chi connectivity index (χ1n) is 7.49. The quantitative estimate of drug-likeness (QED) is 0.794. The first-order valence-corrected chi connectivity index (χ1v) is 7.49. The van der Waals surface area contributed by atoms with E-state index in [-0.39, 0.29) is 0 Å². The van der Waals surface area contributed by atoms with Crippen LogP contribution in [0.1, 0.15) is 30.2 Å². The average molecular weight is 284 g/mol. The van der Waals surface area contributed by atoms with Crippen molar-refractivity contribution in [2.45, 2.75) is 33.4 Å². The molecule has 1 N–H and O–H groups in total. The van der Waals surface area contributed by atoms with Gasteiger partial charge in [0.1, 0.15) is 0 Å². The van der Waals surface area contributed by atoms with Gasteiger partial charge in [0.15, 0.2) is 0 Å². The number of rotatable bonds is 7. The number of aromatic nitrogens is 2. The molecule has 0 radical (unpaired) electrons. The number of hydrogen-bond donors (Lipinski definition) is 1. The monoisotopic (exact) mass is 284 g/mol. The first-order chi connectivity index (χ1) is 10.2. The molecule has 4 nitrogen and oxygen atoms in total. The zero-order valence-electron chi connectivity index (χ0n) is 13.1. The molecule has 0 fully saturated rings. The van der Waals surface area contributed by atoms with Crippen LogP contribution in [-0.4, -0.2) is 23.6 Å². The Morgan fingerprint density at radius 1 is 1.19 bits per heavy atom. The number of aryl methyl sites for hydroxylation is 1. The van der Waals surface area contributed by atoms with E-state index in [0.29, 0.717) is 0 Å². The lowest BCUT2D eigenvalue weighted by atomic mass is 10.2. The van der Waals surface area contributed by atoms with Gasteiger partial charge in [-0.25, -0.2) is 9.97 Å². The molecular formula is C17H24N4. The van der Waals surface area contributed by atoms with Gasteiger partial charge in [0, 0.05) is 37.6 Å². The second-order valence-corrected chi connectivity index (χ2v) is 5.30. The van der Waals surface area contributed by atoms with Crippen LogP contribution in [0, 0.1) is 6.92 Å². The Balaban J connectivity index is 2.01. The first kappa shape index (κ1) is 15.4. The van der Waals surface area contributed by atoms with Crippen LogP contribution in [0.15, 0.2) is 36.5 Å². The van der Waals surface area contributed by atoms with E-state index in [4.69, 9.17) is 0 Å². The summed E-state index contributed by atoms with van der Waals surface area (Å²) in [5, 5.41) is 3.39. The fourth-order valence-electron chi connectivity index (χ4n) is 2.17. The molecule has 2 aromatic rings. The van der Waals surface area contributed by atoms with Crippen molar-refractivity contribution in [3.05, 3.63) is 53.3 Å². The van der Waals surface area contributed by atoms with E-state index in [1.165, 1.54) is 11.1 Å². The Labute approximate surface area is 127 Å². The number of hydrogen-bond acceptors (Lipinski definition) is 4. The summed E-state index contributed by atoms with van der Waals surface area (Å²) in [5.41, 5.74) is 3.47. The molecule has 0 aliphatic carbocycles. The maximum Gasteiger partial charge on any atom is 0.225 e. The SMILES string of the molecule is CCCNCc1cnc(N(C)Cc2ccccc2)nc1C. The summed E-state index contributed by atoms with van der Waals surface area (Å²) < 4.78 is 0. The van der Waals surface area contributed by atoms with E-state index in [9.17, 15) is 0 Å². The molecule has 0 saturated carbocycles. The molecule has 0 unspecified atom stereocenters. The van der Waals surface area contributed by atoms with Crippen molar-refractivity contribution < 1.29 is 0 Å². The summed E-state index contributed by atoms with van der Waals surface area (Å²) in [6.07, 6.45) is 3.07. The van der Waals surface area contributed by atoms with Crippen LogP contribution >= 0.6 is 0 Å². The molecule has 2 rings (SSSR count). The van der Waals surface area contributed by atoms with Crippen LogP contribution in [0.3, 0.4) is 0 Å². The molecule has 0 aliphatic heterocycles. The molecule has 1 aromatic carbocycles. The number of nitrogens with one attached hydrogen (secondary N) is 1. The fourth-order valence-corrected chi connectivity index (χ4v) is 2.17. The lowest BCUT2D eigenvalue weighted by molar-refractivity contribution is 0.667. The average Bonchev–Trinajstić information content (AvgIpc) is 2.50.